The highest BCUT2D eigenvalue weighted by Crippen LogP contribution is 2.39. The predicted molar refractivity (Wildman–Crippen MR) is 76.9 cm³/mol. The highest BCUT2D eigenvalue weighted by molar-refractivity contribution is 5.53. The summed E-state index contributed by atoms with van der Waals surface area (Å²) in [6.45, 7) is 9.62. The molecule has 1 saturated carbocycles. The molecule has 2 rings (SSSR count). The van der Waals surface area contributed by atoms with Gasteiger partial charge in [0.2, 0.25) is 0 Å². The average molecular weight is 247 g/mol. The molecule has 0 aromatic carbocycles. The zero-order valence-corrected chi connectivity index (χ0v) is 12.0. The number of nitrogens with zero attached hydrogens (tertiary/aromatic N) is 2. The second kappa shape index (κ2) is 5.70. The van der Waals surface area contributed by atoms with E-state index in [-0.39, 0.29) is 0 Å². The lowest BCUT2D eigenvalue weighted by Crippen LogP contribution is -2.24. The SMILES string of the molecule is CCNCc1cnc(C)cc1N(C)CC1CC1C. The first-order chi connectivity index (χ1) is 8.61. The summed E-state index contributed by atoms with van der Waals surface area (Å²) in [4.78, 5) is 6.82. The number of aryl methyl sites for hydroxylation is 1. The minimum absolute atomic E-state index is 0.885. The Labute approximate surface area is 111 Å². The summed E-state index contributed by atoms with van der Waals surface area (Å²) in [6, 6.07) is 2.21. The van der Waals surface area contributed by atoms with Gasteiger partial charge in [-0.25, -0.2) is 0 Å². The van der Waals surface area contributed by atoms with Crippen molar-refractivity contribution in [2.75, 3.05) is 25.0 Å². The van der Waals surface area contributed by atoms with Crippen molar-refractivity contribution in [3.63, 3.8) is 0 Å². The third kappa shape index (κ3) is 3.22. The predicted octanol–water partition coefficient (Wildman–Crippen LogP) is 2.59. The van der Waals surface area contributed by atoms with Gasteiger partial charge in [0.15, 0.2) is 0 Å². The minimum Gasteiger partial charge on any atom is -0.374 e. The van der Waals surface area contributed by atoms with E-state index in [2.05, 4.69) is 49.1 Å². The molecule has 1 fully saturated rings. The van der Waals surface area contributed by atoms with Crippen molar-refractivity contribution in [2.45, 2.75) is 33.7 Å². The molecule has 0 bridgehead atoms. The minimum atomic E-state index is 0.885. The molecule has 1 N–H and O–H groups in total. The van der Waals surface area contributed by atoms with Crippen molar-refractivity contribution in [1.82, 2.24) is 10.3 Å². The lowest BCUT2D eigenvalue weighted by atomic mass is 10.1. The molecular formula is C15H25N3. The number of hydrogen-bond donors (Lipinski definition) is 1. The van der Waals surface area contributed by atoms with Crippen LogP contribution in [0.3, 0.4) is 0 Å². The molecule has 2 atom stereocenters. The van der Waals surface area contributed by atoms with Crippen molar-refractivity contribution >= 4 is 5.69 Å². The van der Waals surface area contributed by atoms with E-state index in [1.165, 1.54) is 24.2 Å². The summed E-state index contributed by atoms with van der Waals surface area (Å²) in [7, 11) is 2.20. The van der Waals surface area contributed by atoms with Crippen LogP contribution in [-0.2, 0) is 6.54 Å². The van der Waals surface area contributed by atoms with Crippen molar-refractivity contribution in [1.29, 1.82) is 0 Å². The van der Waals surface area contributed by atoms with Crippen LogP contribution in [0.5, 0.6) is 0 Å². The second-order valence-corrected chi connectivity index (χ2v) is 5.59. The summed E-state index contributed by atoms with van der Waals surface area (Å²) in [5.74, 6) is 1.79. The van der Waals surface area contributed by atoms with E-state index in [1.807, 2.05) is 6.20 Å². The Morgan fingerprint density at radius 2 is 2.22 bits per heavy atom. The van der Waals surface area contributed by atoms with Crippen molar-refractivity contribution < 1.29 is 0 Å². The molecule has 1 aromatic rings. The maximum Gasteiger partial charge on any atom is 0.0443 e. The molecule has 0 radical (unpaired) electrons. The lowest BCUT2D eigenvalue weighted by molar-refractivity contribution is 0.701. The summed E-state index contributed by atoms with van der Waals surface area (Å²) in [5, 5.41) is 3.39. The first kappa shape index (κ1) is 13.3. The van der Waals surface area contributed by atoms with Crippen LogP contribution in [0.25, 0.3) is 0 Å². The van der Waals surface area contributed by atoms with E-state index in [9.17, 15) is 0 Å². The molecule has 2 unspecified atom stereocenters. The molecule has 3 nitrogen and oxygen atoms in total. The second-order valence-electron chi connectivity index (χ2n) is 5.59. The Bertz CT molecular complexity index is 403. The normalized spacial score (nSPS) is 22.0. The van der Waals surface area contributed by atoms with E-state index in [1.54, 1.807) is 0 Å². The van der Waals surface area contributed by atoms with Crippen LogP contribution in [0.15, 0.2) is 12.3 Å². The molecule has 0 saturated heterocycles. The molecule has 3 heteroatoms. The monoisotopic (exact) mass is 247 g/mol. The summed E-state index contributed by atoms with van der Waals surface area (Å²) in [5.41, 5.74) is 3.74. The fourth-order valence-electron chi connectivity index (χ4n) is 2.43. The van der Waals surface area contributed by atoms with Crippen molar-refractivity contribution in [3.8, 4) is 0 Å². The third-order valence-electron chi connectivity index (χ3n) is 3.86. The fraction of sp³-hybridized carbons (Fsp3) is 0.667. The van der Waals surface area contributed by atoms with E-state index < -0.39 is 0 Å². The zero-order valence-electron chi connectivity index (χ0n) is 12.0. The van der Waals surface area contributed by atoms with Crippen LogP contribution in [-0.4, -0.2) is 25.1 Å². The molecule has 1 heterocycles. The molecule has 1 aliphatic rings. The third-order valence-corrected chi connectivity index (χ3v) is 3.86. The van der Waals surface area contributed by atoms with Gasteiger partial charge >= 0.3 is 0 Å². The Hall–Kier alpha value is -1.09. The number of anilines is 1. The maximum absolute atomic E-state index is 4.42. The summed E-state index contributed by atoms with van der Waals surface area (Å²) < 4.78 is 0. The number of pyridine rings is 1. The molecule has 18 heavy (non-hydrogen) atoms. The number of rotatable bonds is 6. The molecule has 0 aliphatic heterocycles. The van der Waals surface area contributed by atoms with Gasteiger partial charge in [-0.1, -0.05) is 13.8 Å². The highest BCUT2D eigenvalue weighted by atomic mass is 15.1. The van der Waals surface area contributed by atoms with E-state index >= 15 is 0 Å². The van der Waals surface area contributed by atoms with Gasteiger partial charge in [0.1, 0.15) is 0 Å². The van der Waals surface area contributed by atoms with Crippen LogP contribution >= 0.6 is 0 Å². The Balaban J connectivity index is 2.09. The van der Waals surface area contributed by atoms with Gasteiger partial charge in [0, 0.05) is 43.3 Å². The smallest absolute Gasteiger partial charge is 0.0443 e. The molecular weight excluding hydrogens is 222 g/mol. The molecule has 100 valence electrons. The highest BCUT2D eigenvalue weighted by Gasteiger charge is 2.33. The van der Waals surface area contributed by atoms with E-state index in [0.29, 0.717) is 0 Å². The molecule has 0 amide bonds. The Kier molecular flexibility index (Phi) is 4.23. The lowest BCUT2D eigenvalue weighted by Gasteiger charge is -2.23. The average Bonchev–Trinajstić information content (AvgIpc) is 3.03. The largest absolute Gasteiger partial charge is 0.374 e. The number of aromatic nitrogens is 1. The standard InChI is InChI=1S/C15H25N3/c1-5-16-8-14-9-17-12(3)7-15(14)18(4)10-13-6-11(13)2/h7,9,11,13,16H,5-6,8,10H2,1-4H3. The fourth-order valence-corrected chi connectivity index (χ4v) is 2.43. The number of nitrogens with one attached hydrogen (secondary N) is 1. The Morgan fingerprint density at radius 3 is 2.83 bits per heavy atom. The van der Waals surface area contributed by atoms with Crippen LogP contribution in [0.2, 0.25) is 0 Å². The zero-order chi connectivity index (χ0) is 13.1. The topological polar surface area (TPSA) is 28.2 Å². The summed E-state index contributed by atoms with van der Waals surface area (Å²) >= 11 is 0. The van der Waals surface area contributed by atoms with Crippen molar-refractivity contribution in [3.05, 3.63) is 23.5 Å². The van der Waals surface area contributed by atoms with E-state index in [4.69, 9.17) is 0 Å². The first-order valence-electron chi connectivity index (χ1n) is 6.99. The number of hydrogen-bond acceptors (Lipinski definition) is 3. The van der Waals surface area contributed by atoms with Gasteiger partial charge in [-0.2, -0.15) is 0 Å². The van der Waals surface area contributed by atoms with Crippen LogP contribution in [0, 0.1) is 18.8 Å². The Morgan fingerprint density at radius 1 is 1.50 bits per heavy atom. The van der Waals surface area contributed by atoms with Crippen LogP contribution < -0.4 is 10.2 Å². The van der Waals surface area contributed by atoms with Crippen LogP contribution in [0.1, 0.15) is 31.5 Å². The van der Waals surface area contributed by atoms with Gasteiger partial charge in [-0.3, -0.25) is 4.98 Å². The summed E-state index contributed by atoms with van der Waals surface area (Å²) in [6.07, 6.45) is 3.40. The quantitative estimate of drug-likeness (QED) is 0.837. The van der Waals surface area contributed by atoms with Gasteiger partial charge in [0.25, 0.3) is 0 Å². The van der Waals surface area contributed by atoms with Gasteiger partial charge in [0.05, 0.1) is 0 Å². The first-order valence-corrected chi connectivity index (χ1v) is 6.99. The molecule has 1 aromatic heterocycles. The van der Waals surface area contributed by atoms with E-state index in [0.717, 1.165) is 30.6 Å². The van der Waals surface area contributed by atoms with Crippen molar-refractivity contribution in [2.24, 2.45) is 11.8 Å². The van der Waals surface area contributed by atoms with Crippen LogP contribution in [0.4, 0.5) is 5.69 Å². The van der Waals surface area contributed by atoms with Gasteiger partial charge in [-0.05, 0) is 37.8 Å². The van der Waals surface area contributed by atoms with Gasteiger partial charge < -0.3 is 10.2 Å². The molecule has 1 aliphatic carbocycles. The van der Waals surface area contributed by atoms with Gasteiger partial charge in [-0.15, -0.1) is 0 Å². The molecule has 0 spiro atoms. The maximum atomic E-state index is 4.42.